The summed E-state index contributed by atoms with van der Waals surface area (Å²) in [7, 11) is 0. The number of hydrogen-bond donors (Lipinski definition) is 1. The van der Waals surface area contributed by atoms with Crippen molar-refractivity contribution in [2.75, 3.05) is 6.54 Å². The summed E-state index contributed by atoms with van der Waals surface area (Å²) in [6.07, 6.45) is 0. The molecule has 1 heteroatoms. The van der Waals surface area contributed by atoms with Crippen molar-refractivity contribution in [2.24, 2.45) is 0 Å². The highest BCUT2D eigenvalue weighted by Gasteiger charge is 2.14. The Morgan fingerprint density at radius 1 is 1.00 bits per heavy atom. The predicted molar refractivity (Wildman–Crippen MR) is 77.9 cm³/mol. The molecule has 0 spiro atoms. The maximum absolute atomic E-state index is 3.58. The van der Waals surface area contributed by atoms with Gasteiger partial charge in [-0.3, -0.25) is 0 Å². The van der Waals surface area contributed by atoms with Crippen LogP contribution in [-0.4, -0.2) is 6.54 Å². The van der Waals surface area contributed by atoms with Crippen molar-refractivity contribution in [1.29, 1.82) is 0 Å². The van der Waals surface area contributed by atoms with E-state index in [2.05, 4.69) is 74.6 Å². The van der Waals surface area contributed by atoms with Crippen LogP contribution in [0.2, 0.25) is 0 Å². The van der Waals surface area contributed by atoms with Gasteiger partial charge in [0.15, 0.2) is 0 Å². The summed E-state index contributed by atoms with van der Waals surface area (Å²) in [6.45, 7) is 7.45. The summed E-state index contributed by atoms with van der Waals surface area (Å²) in [5, 5.41) is 3.58. The molecular weight excluding hydrogens is 218 g/mol. The highest BCUT2D eigenvalue weighted by Crippen LogP contribution is 2.25. The van der Waals surface area contributed by atoms with E-state index in [-0.39, 0.29) is 6.04 Å². The lowest BCUT2D eigenvalue weighted by Gasteiger charge is -2.21. The van der Waals surface area contributed by atoms with Gasteiger partial charge in [-0.2, -0.15) is 0 Å². The summed E-state index contributed by atoms with van der Waals surface area (Å²) in [5.74, 6) is 0. The molecule has 0 saturated heterocycles. The van der Waals surface area contributed by atoms with Crippen LogP contribution in [0.15, 0.2) is 48.5 Å². The zero-order valence-electron chi connectivity index (χ0n) is 11.4. The molecule has 2 rings (SSSR count). The minimum absolute atomic E-state index is 0.289. The molecule has 0 radical (unpaired) electrons. The second-order valence-corrected chi connectivity index (χ2v) is 4.76. The first kappa shape index (κ1) is 12.8. The smallest absolute Gasteiger partial charge is 0.0579 e. The first-order valence-corrected chi connectivity index (χ1v) is 6.58. The fourth-order valence-corrected chi connectivity index (χ4v) is 2.41. The zero-order valence-corrected chi connectivity index (χ0v) is 11.4. The molecule has 2 aromatic rings. The van der Waals surface area contributed by atoms with E-state index in [0.29, 0.717) is 0 Å². The number of hydrogen-bond acceptors (Lipinski definition) is 1. The Morgan fingerprint density at radius 2 is 1.72 bits per heavy atom. The Kier molecular flexibility index (Phi) is 4.16. The molecule has 0 fully saturated rings. The fourth-order valence-electron chi connectivity index (χ4n) is 2.41. The Bertz CT molecular complexity index is 502. The summed E-state index contributed by atoms with van der Waals surface area (Å²) in [5.41, 5.74) is 5.37. The number of benzene rings is 2. The fraction of sp³-hybridized carbons (Fsp3) is 0.294. The Morgan fingerprint density at radius 3 is 2.33 bits per heavy atom. The Hall–Kier alpha value is -1.60. The van der Waals surface area contributed by atoms with E-state index in [0.717, 1.165) is 6.54 Å². The van der Waals surface area contributed by atoms with Gasteiger partial charge >= 0.3 is 0 Å². The first-order valence-electron chi connectivity index (χ1n) is 6.58. The normalized spacial score (nSPS) is 12.4. The van der Waals surface area contributed by atoms with Gasteiger partial charge in [0, 0.05) is 0 Å². The summed E-state index contributed by atoms with van der Waals surface area (Å²) < 4.78 is 0. The van der Waals surface area contributed by atoms with Gasteiger partial charge in [-0.05, 0) is 37.1 Å². The second kappa shape index (κ2) is 5.83. The molecule has 1 unspecified atom stereocenters. The lowest BCUT2D eigenvalue weighted by atomic mass is 9.94. The second-order valence-electron chi connectivity index (χ2n) is 4.76. The molecule has 18 heavy (non-hydrogen) atoms. The molecule has 1 atom stereocenters. The number of nitrogens with one attached hydrogen (secondary N) is 1. The minimum Gasteiger partial charge on any atom is -0.307 e. The SMILES string of the molecule is CCNC(c1ccccc1)c1ccc(C)cc1C. The molecule has 94 valence electrons. The van der Waals surface area contributed by atoms with Crippen molar-refractivity contribution in [2.45, 2.75) is 26.8 Å². The van der Waals surface area contributed by atoms with Crippen LogP contribution in [0.5, 0.6) is 0 Å². The van der Waals surface area contributed by atoms with E-state index in [1.807, 2.05) is 0 Å². The van der Waals surface area contributed by atoms with Gasteiger partial charge in [0.2, 0.25) is 0 Å². The molecule has 0 bridgehead atoms. The third-order valence-electron chi connectivity index (χ3n) is 3.28. The van der Waals surface area contributed by atoms with Gasteiger partial charge in [-0.25, -0.2) is 0 Å². The first-order chi connectivity index (χ1) is 8.72. The molecule has 0 aromatic heterocycles. The highest BCUT2D eigenvalue weighted by atomic mass is 14.9. The van der Waals surface area contributed by atoms with Crippen LogP contribution in [0.1, 0.15) is 35.2 Å². The number of aryl methyl sites for hydroxylation is 2. The number of rotatable bonds is 4. The van der Waals surface area contributed by atoms with E-state index >= 15 is 0 Å². The van der Waals surface area contributed by atoms with Gasteiger partial charge < -0.3 is 5.32 Å². The molecule has 0 amide bonds. The minimum atomic E-state index is 0.289. The average Bonchev–Trinajstić information content (AvgIpc) is 2.38. The van der Waals surface area contributed by atoms with Crippen LogP contribution in [-0.2, 0) is 0 Å². The van der Waals surface area contributed by atoms with Gasteiger partial charge in [-0.15, -0.1) is 0 Å². The lowest BCUT2D eigenvalue weighted by Crippen LogP contribution is -2.22. The summed E-state index contributed by atoms with van der Waals surface area (Å²) >= 11 is 0. The molecule has 2 aromatic carbocycles. The lowest BCUT2D eigenvalue weighted by molar-refractivity contribution is 0.627. The van der Waals surface area contributed by atoms with Crippen LogP contribution in [0.4, 0.5) is 0 Å². The average molecular weight is 239 g/mol. The molecule has 0 aliphatic rings. The monoisotopic (exact) mass is 239 g/mol. The molecule has 0 saturated carbocycles. The molecule has 0 aliphatic carbocycles. The highest BCUT2D eigenvalue weighted by molar-refractivity contribution is 5.38. The van der Waals surface area contributed by atoms with E-state index in [9.17, 15) is 0 Å². The van der Waals surface area contributed by atoms with Crippen molar-refractivity contribution < 1.29 is 0 Å². The topological polar surface area (TPSA) is 12.0 Å². The van der Waals surface area contributed by atoms with Crippen LogP contribution < -0.4 is 5.32 Å². The van der Waals surface area contributed by atoms with Crippen molar-refractivity contribution in [3.63, 3.8) is 0 Å². The third-order valence-corrected chi connectivity index (χ3v) is 3.28. The molecular formula is C17H21N. The van der Waals surface area contributed by atoms with Gasteiger partial charge in [0.1, 0.15) is 0 Å². The van der Waals surface area contributed by atoms with Crippen molar-refractivity contribution in [3.8, 4) is 0 Å². The van der Waals surface area contributed by atoms with Crippen molar-refractivity contribution in [3.05, 3.63) is 70.8 Å². The van der Waals surface area contributed by atoms with Crippen LogP contribution >= 0.6 is 0 Å². The Labute approximate surface area is 110 Å². The van der Waals surface area contributed by atoms with E-state index in [1.165, 1.54) is 22.3 Å². The van der Waals surface area contributed by atoms with Gasteiger partial charge in [0.25, 0.3) is 0 Å². The van der Waals surface area contributed by atoms with Crippen molar-refractivity contribution in [1.82, 2.24) is 5.32 Å². The maximum atomic E-state index is 3.58. The standard InChI is InChI=1S/C17H21N/c1-4-18-17(15-8-6-5-7-9-15)16-11-10-13(2)12-14(16)3/h5-12,17-18H,4H2,1-3H3. The summed E-state index contributed by atoms with van der Waals surface area (Å²) in [4.78, 5) is 0. The molecule has 0 heterocycles. The van der Waals surface area contributed by atoms with Gasteiger partial charge in [-0.1, -0.05) is 61.0 Å². The van der Waals surface area contributed by atoms with E-state index in [4.69, 9.17) is 0 Å². The molecule has 1 N–H and O–H groups in total. The van der Waals surface area contributed by atoms with Crippen LogP contribution in [0.25, 0.3) is 0 Å². The Balaban J connectivity index is 2.41. The van der Waals surface area contributed by atoms with E-state index in [1.54, 1.807) is 0 Å². The van der Waals surface area contributed by atoms with Gasteiger partial charge in [0.05, 0.1) is 6.04 Å². The predicted octanol–water partition coefficient (Wildman–Crippen LogP) is 4.00. The quantitative estimate of drug-likeness (QED) is 0.850. The van der Waals surface area contributed by atoms with Crippen molar-refractivity contribution >= 4 is 0 Å². The summed E-state index contributed by atoms with van der Waals surface area (Å²) in [6, 6.07) is 17.6. The maximum Gasteiger partial charge on any atom is 0.0579 e. The van der Waals surface area contributed by atoms with E-state index < -0.39 is 0 Å². The zero-order chi connectivity index (χ0) is 13.0. The largest absolute Gasteiger partial charge is 0.307 e. The third kappa shape index (κ3) is 2.80. The van der Waals surface area contributed by atoms with Crippen LogP contribution in [0.3, 0.4) is 0 Å². The molecule has 0 aliphatic heterocycles. The van der Waals surface area contributed by atoms with Crippen LogP contribution in [0, 0.1) is 13.8 Å². The molecule has 1 nitrogen and oxygen atoms in total.